The Morgan fingerprint density at radius 2 is 1.72 bits per heavy atom. The second kappa shape index (κ2) is 8.92. The van der Waals surface area contributed by atoms with Gasteiger partial charge < -0.3 is 9.64 Å². The van der Waals surface area contributed by atoms with Crippen molar-refractivity contribution in [3.63, 3.8) is 0 Å². The summed E-state index contributed by atoms with van der Waals surface area (Å²) in [6.07, 6.45) is 2.30. The lowest BCUT2D eigenvalue weighted by Crippen LogP contribution is -2.37. The molecule has 5 heteroatoms. The van der Waals surface area contributed by atoms with Gasteiger partial charge in [0.25, 0.3) is 0 Å². The molecule has 1 aliphatic heterocycles. The van der Waals surface area contributed by atoms with E-state index in [0.29, 0.717) is 6.61 Å². The molecule has 0 spiro atoms. The molecule has 0 bridgehead atoms. The van der Waals surface area contributed by atoms with Gasteiger partial charge in [-0.25, -0.2) is 9.97 Å². The van der Waals surface area contributed by atoms with Gasteiger partial charge in [0, 0.05) is 51.6 Å². The zero-order valence-corrected chi connectivity index (χ0v) is 15.3. The highest BCUT2D eigenvalue weighted by atomic mass is 16.5. The Labute approximate surface area is 150 Å². The fourth-order valence-corrected chi connectivity index (χ4v) is 3.39. The van der Waals surface area contributed by atoms with Gasteiger partial charge in [0.15, 0.2) is 5.82 Å². The maximum absolute atomic E-state index is 5.19. The maximum atomic E-state index is 5.19. The van der Waals surface area contributed by atoms with Crippen LogP contribution in [0.25, 0.3) is 0 Å². The Morgan fingerprint density at radius 3 is 2.40 bits per heavy atom. The van der Waals surface area contributed by atoms with E-state index >= 15 is 0 Å². The number of nitrogens with zero attached hydrogens (tertiary/aromatic N) is 4. The zero-order valence-electron chi connectivity index (χ0n) is 15.3. The number of rotatable bonds is 5. The summed E-state index contributed by atoms with van der Waals surface area (Å²) in [7, 11) is 1.68. The number of hydrogen-bond donors (Lipinski definition) is 0. The fraction of sp³-hybridized carbons (Fsp3) is 0.500. The van der Waals surface area contributed by atoms with E-state index < -0.39 is 0 Å². The van der Waals surface area contributed by atoms with E-state index in [1.807, 2.05) is 6.92 Å². The summed E-state index contributed by atoms with van der Waals surface area (Å²) in [6, 6.07) is 12.8. The monoisotopic (exact) mass is 340 g/mol. The van der Waals surface area contributed by atoms with Crippen molar-refractivity contribution in [2.45, 2.75) is 32.9 Å². The lowest BCUT2D eigenvalue weighted by atomic mass is 10.2. The van der Waals surface area contributed by atoms with Crippen LogP contribution in [-0.2, 0) is 17.9 Å². The van der Waals surface area contributed by atoms with E-state index in [1.165, 1.54) is 5.56 Å². The first-order valence-electron chi connectivity index (χ1n) is 9.09. The number of methoxy groups -OCH3 is 1. The molecule has 0 saturated carbocycles. The third-order valence-electron chi connectivity index (χ3n) is 4.54. The summed E-state index contributed by atoms with van der Waals surface area (Å²) < 4.78 is 5.19. The lowest BCUT2D eigenvalue weighted by Gasteiger charge is -2.31. The van der Waals surface area contributed by atoms with Crippen molar-refractivity contribution in [3.8, 4) is 0 Å². The molecule has 134 valence electrons. The van der Waals surface area contributed by atoms with Gasteiger partial charge in [0.1, 0.15) is 12.4 Å². The Balaban J connectivity index is 1.59. The first kappa shape index (κ1) is 17.8. The second-order valence-electron chi connectivity index (χ2n) is 6.67. The molecule has 0 N–H and O–H groups in total. The highest BCUT2D eigenvalue weighted by Gasteiger charge is 2.15. The topological polar surface area (TPSA) is 41.5 Å². The summed E-state index contributed by atoms with van der Waals surface area (Å²) in [6.45, 7) is 7.86. The van der Waals surface area contributed by atoms with Gasteiger partial charge in [-0.1, -0.05) is 30.3 Å². The van der Waals surface area contributed by atoms with Crippen molar-refractivity contribution >= 4 is 5.82 Å². The average Bonchev–Trinajstić information content (AvgIpc) is 2.58. The molecule has 2 aromatic rings. The summed E-state index contributed by atoms with van der Waals surface area (Å²) in [5.41, 5.74) is 2.40. The van der Waals surface area contributed by atoms with Crippen molar-refractivity contribution in [1.29, 1.82) is 0 Å². The van der Waals surface area contributed by atoms with Crippen LogP contribution in [0.1, 0.15) is 29.9 Å². The van der Waals surface area contributed by atoms with E-state index in [2.05, 4.69) is 56.2 Å². The molecule has 3 rings (SSSR count). The molecule has 0 aliphatic carbocycles. The molecule has 1 aliphatic rings. The maximum Gasteiger partial charge on any atom is 0.156 e. The van der Waals surface area contributed by atoms with Crippen LogP contribution in [0, 0.1) is 6.92 Å². The van der Waals surface area contributed by atoms with E-state index in [9.17, 15) is 0 Å². The quantitative estimate of drug-likeness (QED) is 0.837. The van der Waals surface area contributed by atoms with Crippen molar-refractivity contribution in [2.75, 3.05) is 38.2 Å². The number of ether oxygens (including phenoxy) is 1. The first-order chi connectivity index (χ1) is 12.2. The molecule has 1 aromatic carbocycles. The van der Waals surface area contributed by atoms with E-state index in [4.69, 9.17) is 4.74 Å². The molecular formula is C20H28N4O. The van der Waals surface area contributed by atoms with Crippen LogP contribution in [-0.4, -0.2) is 48.2 Å². The van der Waals surface area contributed by atoms with Crippen LogP contribution in [0.3, 0.4) is 0 Å². The van der Waals surface area contributed by atoms with Crippen molar-refractivity contribution < 1.29 is 4.74 Å². The SMILES string of the molecule is COCc1nc(C)cc(N2CCCN(Cc3ccccc3)CCC2)n1. The van der Waals surface area contributed by atoms with Gasteiger partial charge in [0.2, 0.25) is 0 Å². The number of anilines is 1. The molecule has 0 amide bonds. The van der Waals surface area contributed by atoms with Crippen LogP contribution >= 0.6 is 0 Å². The highest BCUT2D eigenvalue weighted by molar-refractivity contribution is 5.39. The second-order valence-corrected chi connectivity index (χ2v) is 6.67. The Bertz CT molecular complexity index is 652. The predicted molar refractivity (Wildman–Crippen MR) is 101 cm³/mol. The van der Waals surface area contributed by atoms with Crippen molar-refractivity contribution in [2.24, 2.45) is 0 Å². The predicted octanol–water partition coefficient (Wildman–Crippen LogP) is 3.03. The van der Waals surface area contributed by atoms with E-state index in [1.54, 1.807) is 7.11 Å². The van der Waals surface area contributed by atoms with Gasteiger partial charge in [-0.05, 0) is 25.3 Å². The van der Waals surface area contributed by atoms with Gasteiger partial charge in [-0.2, -0.15) is 0 Å². The molecule has 5 nitrogen and oxygen atoms in total. The van der Waals surface area contributed by atoms with Gasteiger partial charge >= 0.3 is 0 Å². The summed E-state index contributed by atoms with van der Waals surface area (Å²) in [5.74, 6) is 1.81. The fourth-order valence-electron chi connectivity index (χ4n) is 3.39. The smallest absolute Gasteiger partial charge is 0.156 e. The van der Waals surface area contributed by atoms with Crippen LogP contribution < -0.4 is 4.90 Å². The molecule has 25 heavy (non-hydrogen) atoms. The number of aromatic nitrogens is 2. The number of benzene rings is 1. The standard InChI is InChI=1S/C20H28N4O/c1-17-14-20(22-19(21-17)16-25-2)24-12-6-10-23(11-7-13-24)15-18-8-4-3-5-9-18/h3-5,8-9,14H,6-7,10-13,15-16H2,1-2H3. The Hall–Kier alpha value is -1.98. The van der Waals surface area contributed by atoms with E-state index in [0.717, 1.165) is 62.9 Å². The van der Waals surface area contributed by atoms with Crippen LogP contribution in [0.2, 0.25) is 0 Å². The molecule has 0 radical (unpaired) electrons. The van der Waals surface area contributed by atoms with Crippen LogP contribution in [0.4, 0.5) is 5.82 Å². The molecule has 1 aromatic heterocycles. The lowest BCUT2D eigenvalue weighted by molar-refractivity contribution is 0.177. The summed E-state index contributed by atoms with van der Waals surface area (Å²) >= 11 is 0. The Kier molecular flexibility index (Phi) is 6.36. The van der Waals surface area contributed by atoms with Crippen LogP contribution in [0.15, 0.2) is 36.4 Å². The minimum Gasteiger partial charge on any atom is -0.377 e. The van der Waals surface area contributed by atoms with Gasteiger partial charge in [0.05, 0.1) is 0 Å². The number of aryl methyl sites for hydroxylation is 1. The normalized spacial score (nSPS) is 16.5. The van der Waals surface area contributed by atoms with Gasteiger partial charge in [-0.3, -0.25) is 4.90 Å². The number of hydrogen-bond acceptors (Lipinski definition) is 5. The zero-order chi connectivity index (χ0) is 17.5. The largest absolute Gasteiger partial charge is 0.377 e. The third-order valence-corrected chi connectivity index (χ3v) is 4.54. The average molecular weight is 340 g/mol. The molecule has 2 heterocycles. The van der Waals surface area contributed by atoms with Crippen molar-refractivity contribution in [3.05, 3.63) is 53.5 Å². The summed E-state index contributed by atoms with van der Waals surface area (Å²) in [4.78, 5) is 14.1. The molecule has 0 atom stereocenters. The molecule has 1 saturated heterocycles. The molecule has 0 unspecified atom stereocenters. The van der Waals surface area contributed by atoms with E-state index in [-0.39, 0.29) is 0 Å². The Morgan fingerprint density at radius 1 is 1.00 bits per heavy atom. The van der Waals surface area contributed by atoms with Gasteiger partial charge in [-0.15, -0.1) is 0 Å². The molecular weight excluding hydrogens is 312 g/mol. The minimum absolute atomic E-state index is 0.466. The molecule has 1 fully saturated rings. The highest BCUT2D eigenvalue weighted by Crippen LogP contribution is 2.17. The minimum atomic E-state index is 0.466. The van der Waals surface area contributed by atoms with Crippen molar-refractivity contribution in [1.82, 2.24) is 14.9 Å². The first-order valence-corrected chi connectivity index (χ1v) is 9.09. The van der Waals surface area contributed by atoms with Crippen LogP contribution in [0.5, 0.6) is 0 Å². The third kappa shape index (κ3) is 5.25. The summed E-state index contributed by atoms with van der Waals surface area (Å²) in [5, 5.41) is 0.